The Balaban J connectivity index is 1.92. The van der Waals surface area contributed by atoms with Gasteiger partial charge in [-0.25, -0.2) is 0 Å². The number of halogens is 2. The van der Waals surface area contributed by atoms with Gasteiger partial charge in [-0.2, -0.15) is 0 Å². The van der Waals surface area contributed by atoms with Gasteiger partial charge in [-0.3, -0.25) is 4.79 Å². The number of carbonyl (C=O) groups is 1. The maximum Gasteiger partial charge on any atom is 0.225 e. The average molecular weight is 346 g/mol. The third kappa shape index (κ3) is 4.22. The highest BCUT2D eigenvalue weighted by Crippen LogP contribution is 2.25. The van der Waals surface area contributed by atoms with E-state index in [9.17, 15) is 4.79 Å². The van der Waals surface area contributed by atoms with Crippen LogP contribution in [0.2, 0.25) is 10.0 Å². The number of hydrogen-bond donors (Lipinski definition) is 2. The number of hydrogen-bond acceptors (Lipinski definition) is 2. The molecule has 0 aliphatic carbocycles. The van der Waals surface area contributed by atoms with Crippen LogP contribution in [0.15, 0.2) is 18.2 Å². The van der Waals surface area contributed by atoms with Gasteiger partial charge in [0, 0.05) is 24.0 Å². The minimum absolute atomic E-state index is 0.0194. The molecular weight excluding hydrogens is 329 g/mol. The zero-order valence-electron chi connectivity index (χ0n) is 11.8. The van der Waals surface area contributed by atoms with E-state index in [1.54, 1.807) is 18.2 Å². The number of thiocarbonyl (C=S) groups is 1. The fourth-order valence-electron chi connectivity index (χ4n) is 2.26. The molecule has 1 aromatic carbocycles. The van der Waals surface area contributed by atoms with E-state index in [4.69, 9.17) is 35.4 Å². The largest absolute Gasteiger partial charge is 0.357 e. The molecule has 1 amide bonds. The Morgan fingerprint density at radius 2 is 2.14 bits per heavy atom. The van der Waals surface area contributed by atoms with E-state index in [0.717, 1.165) is 0 Å². The smallest absolute Gasteiger partial charge is 0.225 e. The predicted molar refractivity (Wildman–Crippen MR) is 91.1 cm³/mol. The minimum atomic E-state index is 0.0194. The van der Waals surface area contributed by atoms with Crippen LogP contribution in [0.4, 0.5) is 5.69 Å². The van der Waals surface area contributed by atoms with E-state index < -0.39 is 0 Å². The molecule has 1 heterocycles. The highest BCUT2D eigenvalue weighted by atomic mass is 35.5. The first kappa shape index (κ1) is 16.3. The van der Waals surface area contributed by atoms with Crippen molar-refractivity contribution in [1.29, 1.82) is 0 Å². The maximum atomic E-state index is 11.8. The molecule has 1 unspecified atom stereocenters. The summed E-state index contributed by atoms with van der Waals surface area (Å²) >= 11 is 17.2. The van der Waals surface area contributed by atoms with Crippen molar-refractivity contribution in [2.45, 2.75) is 32.4 Å². The molecule has 0 radical (unpaired) electrons. The lowest BCUT2D eigenvalue weighted by atomic mass is 10.2. The summed E-state index contributed by atoms with van der Waals surface area (Å²) in [5.41, 5.74) is 0.684. The van der Waals surface area contributed by atoms with E-state index in [0.29, 0.717) is 33.8 Å². The first-order chi connectivity index (χ1) is 9.86. The van der Waals surface area contributed by atoms with Gasteiger partial charge in [0.15, 0.2) is 5.11 Å². The number of amides is 1. The standard InChI is InChI=1S/C14H17Cl2N3OS/c1-8(2)19-7-10(6-13(19)20)17-14(21)18-12-4-3-9(15)5-11(12)16/h3-5,8,10H,6-7H2,1-2H3,(H2,17,18,21). The van der Waals surface area contributed by atoms with Gasteiger partial charge in [0.2, 0.25) is 5.91 Å². The van der Waals surface area contributed by atoms with Gasteiger partial charge in [-0.05, 0) is 44.3 Å². The van der Waals surface area contributed by atoms with E-state index in [1.807, 2.05) is 18.7 Å². The van der Waals surface area contributed by atoms with Crippen LogP contribution in [0.1, 0.15) is 20.3 Å². The lowest BCUT2D eigenvalue weighted by Gasteiger charge is -2.21. The van der Waals surface area contributed by atoms with Gasteiger partial charge >= 0.3 is 0 Å². The summed E-state index contributed by atoms with van der Waals surface area (Å²) in [7, 11) is 0. The van der Waals surface area contributed by atoms with Crippen LogP contribution in [0.3, 0.4) is 0 Å². The van der Waals surface area contributed by atoms with Gasteiger partial charge < -0.3 is 15.5 Å². The second-order valence-corrected chi connectivity index (χ2v) is 6.52. The van der Waals surface area contributed by atoms with Crippen molar-refractivity contribution >= 4 is 52.1 Å². The number of nitrogens with one attached hydrogen (secondary N) is 2. The summed E-state index contributed by atoms with van der Waals surface area (Å²) in [6.45, 7) is 4.67. The van der Waals surface area contributed by atoms with Crippen LogP contribution in [0.5, 0.6) is 0 Å². The number of carbonyl (C=O) groups excluding carboxylic acids is 1. The molecule has 7 heteroatoms. The van der Waals surface area contributed by atoms with Gasteiger partial charge in [0.05, 0.1) is 16.8 Å². The zero-order chi connectivity index (χ0) is 15.6. The molecule has 0 bridgehead atoms. The lowest BCUT2D eigenvalue weighted by Crippen LogP contribution is -2.40. The SMILES string of the molecule is CC(C)N1CC(NC(=S)Nc2ccc(Cl)cc2Cl)CC1=O. The first-order valence-electron chi connectivity index (χ1n) is 6.69. The summed E-state index contributed by atoms with van der Waals surface area (Å²) in [4.78, 5) is 13.7. The first-order valence-corrected chi connectivity index (χ1v) is 7.85. The predicted octanol–water partition coefficient (Wildman–Crippen LogP) is 3.29. The second kappa shape index (κ2) is 6.81. The van der Waals surface area contributed by atoms with Crippen molar-refractivity contribution in [1.82, 2.24) is 10.2 Å². The molecule has 2 rings (SSSR count). The van der Waals surface area contributed by atoms with E-state index in [1.165, 1.54) is 0 Å². The second-order valence-electron chi connectivity index (χ2n) is 5.26. The molecule has 0 saturated carbocycles. The molecule has 1 aliphatic rings. The Morgan fingerprint density at radius 1 is 1.43 bits per heavy atom. The minimum Gasteiger partial charge on any atom is -0.357 e. The normalized spacial score (nSPS) is 18.2. The van der Waals surface area contributed by atoms with Gasteiger partial charge in [0.1, 0.15) is 0 Å². The summed E-state index contributed by atoms with van der Waals surface area (Å²) in [5, 5.41) is 7.69. The summed E-state index contributed by atoms with van der Waals surface area (Å²) in [6, 6.07) is 5.37. The lowest BCUT2D eigenvalue weighted by molar-refractivity contribution is -0.129. The number of benzene rings is 1. The Bertz CT molecular complexity index is 565. The monoisotopic (exact) mass is 345 g/mol. The van der Waals surface area contributed by atoms with E-state index in [-0.39, 0.29) is 18.0 Å². The molecule has 1 fully saturated rings. The molecule has 4 nitrogen and oxygen atoms in total. The Labute approximate surface area is 139 Å². The molecule has 1 aliphatic heterocycles. The molecule has 2 N–H and O–H groups in total. The fraction of sp³-hybridized carbons (Fsp3) is 0.429. The maximum absolute atomic E-state index is 11.8. The van der Waals surface area contributed by atoms with E-state index in [2.05, 4.69) is 10.6 Å². The number of anilines is 1. The number of likely N-dealkylation sites (tertiary alicyclic amines) is 1. The molecule has 1 atom stereocenters. The summed E-state index contributed by atoms with van der Waals surface area (Å²) in [6.07, 6.45) is 0.453. The van der Waals surface area contributed by atoms with E-state index >= 15 is 0 Å². The summed E-state index contributed by atoms with van der Waals surface area (Å²) in [5.74, 6) is 0.148. The number of rotatable bonds is 3. The van der Waals surface area contributed by atoms with Crippen molar-refractivity contribution in [2.75, 3.05) is 11.9 Å². The highest BCUT2D eigenvalue weighted by Gasteiger charge is 2.31. The molecular formula is C14H17Cl2N3OS. The molecule has 114 valence electrons. The van der Waals surface area contributed by atoms with Gasteiger partial charge in [0.25, 0.3) is 0 Å². The highest BCUT2D eigenvalue weighted by molar-refractivity contribution is 7.80. The van der Waals surface area contributed by atoms with Crippen LogP contribution >= 0.6 is 35.4 Å². The van der Waals surface area contributed by atoms with Crippen molar-refractivity contribution in [3.8, 4) is 0 Å². The third-order valence-corrected chi connectivity index (χ3v) is 4.06. The molecule has 1 aromatic rings. The third-order valence-electron chi connectivity index (χ3n) is 3.30. The molecule has 21 heavy (non-hydrogen) atoms. The molecule has 0 spiro atoms. The average Bonchev–Trinajstić information content (AvgIpc) is 2.74. The van der Waals surface area contributed by atoms with Crippen LogP contribution in [-0.4, -0.2) is 34.5 Å². The van der Waals surface area contributed by atoms with Crippen LogP contribution in [0, 0.1) is 0 Å². The topological polar surface area (TPSA) is 44.4 Å². The summed E-state index contributed by atoms with van der Waals surface area (Å²) < 4.78 is 0. The quantitative estimate of drug-likeness (QED) is 0.825. The van der Waals surface area contributed by atoms with Crippen molar-refractivity contribution in [3.63, 3.8) is 0 Å². The van der Waals surface area contributed by atoms with Crippen LogP contribution < -0.4 is 10.6 Å². The van der Waals surface area contributed by atoms with Gasteiger partial charge in [-0.1, -0.05) is 23.2 Å². The fourth-order valence-corrected chi connectivity index (χ4v) is 2.99. The Morgan fingerprint density at radius 3 is 2.71 bits per heavy atom. The van der Waals surface area contributed by atoms with Crippen molar-refractivity contribution < 1.29 is 4.79 Å². The van der Waals surface area contributed by atoms with Crippen LogP contribution in [-0.2, 0) is 4.79 Å². The zero-order valence-corrected chi connectivity index (χ0v) is 14.1. The Hall–Kier alpha value is -1.04. The van der Waals surface area contributed by atoms with Crippen molar-refractivity contribution in [3.05, 3.63) is 28.2 Å². The number of nitrogens with zero attached hydrogens (tertiary/aromatic N) is 1. The molecule has 1 saturated heterocycles. The Kier molecular flexibility index (Phi) is 5.30. The van der Waals surface area contributed by atoms with Crippen LogP contribution in [0.25, 0.3) is 0 Å². The van der Waals surface area contributed by atoms with Crippen molar-refractivity contribution in [2.24, 2.45) is 0 Å². The van der Waals surface area contributed by atoms with Gasteiger partial charge in [-0.15, -0.1) is 0 Å². The molecule has 0 aromatic heterocycles.